The van der Waals surface area contributed by atoms with Crippen molar-refractivity contribution in [2.45, 2.75) is 25.4 Å². The molecular formula is C9H14O4. The molecule has 2 N–H and O–H groups in total. The number of aliphatic hydroxyl groups excluding tert-OH is 2. The maximum Gasteiger partial charge on any atom is 0.306 e. The number of carbonyl (C=O) groups excluding carboxylic acids is 1. The average Bonchev–Trinajstić information content (AvgIpc) is 2.16. The van der Waals surface area contributed by atoms with E-state index in [0.717, 1.165) is 0 Å². The van der Waals surface area contributed by atoms with Crippen molar-refractivity contribution in [3.63, 3.8) is 0 Å². The number of aliphatic hydroxyl groups is 2. The highest BCUT2D eigenvalue weighted by molar-refractivity contribution is 5.69. The molecule has 0 aliphatic heterocycles. The summed E-state index contributed by atoms with van der Waals surface area (Å²) in [5, 5.41) is 17.3. The quantitative estimate of drug-likeness (QED) is 0.466. The van der Waals surface area contributed by atoms with Gasteiger partial charge in [-0.15, -0.1) is 11.8 Å². The van der Waals surface area contributed by atoms with Crippen LogP contribution >= 0.6 is 0 Å². The molecule has 1 atom stereocenters. The summed E-state index contributed by atoms with van der Waals surface area (Å²) < 4.78 is 4.40. The van der Waals surface area contributed by atoms with Gasteiger partial charge < -0.3 is 14.9 Å². The predicted octanol–water partition coefficient (Wildman–Crippen LogP) is -0.314. The van der Waals surface area contributed by atoms with Gasteiger partial charge in [0.15, 0.2) is 0 Å². The lowest BCUT2D eigenvalue weighted by Crippen LogP contribution is -2.09. The van der Waals surface area contributed by atoms with Crippen LogP contribution in [-0.2, 0) is 9.53 Å². The minimum atomic E-state index is -0.786. The normalized spacial score (nSPS) is 11.3. The number of rotatable bonds is 4. The standard InChI is InChI=1S/C9H14O4/c1-13-9(12)6-4-2-3-5-8(11)7-10/h8,10-11H,4-7H2,1H3/t8-/m0/s1. The summed E-state index contributed by atoms with van der Waals surface area (Å²) in [4.78, 5) is 10.6. The Hall–Kier alpha value is -1.05. The van der Waals surface area contributed by atoms with Crippen LogP contribution in [0.4, 0.5) is 0 Å². The zero-order valence-electron chi connectivity index (χ0n) is 7.62. The smallest absolute Gasteiger partial charge is 0.306 e. The summed E-state index contributed by atoms with van der Waals surface area (Å²) in [6.45, 7) is -0.286. The topological polar surface area (TPSA) is 66.8 Å². The third-order valence-electron chi connectivity index (χ3n) is 1.36. The van der Waals surface area contributed by atoms with Crippen LogP contribution in [0.3, 0.4) is 0 Å². The van der Waals surface area contributed by atoms with E-state index in [0.29, 0.717) is 6.42 Å². The molecule has 0 aromatic heterocycles. The van der Waals surface area contributed by atoms with E-state index in [1.807, 2.05) is 0 Å². The average molecular weight is 186 g/mol. The molecule has 4 nitrogen and oxygen atoms in total. The van der Waals surface area contributed by atoms with Crippen molar-refractivity contribution in [2.24, 2.45) is 0 Å². The third-order valence-corrected chi connectivity index (χ3v) is 1.36. The van der Waals surface area contributed by atoms with E-state index in [4.69, 9.17) is 10.2 Å². The van der Waals surface area contributed by atoms with Crippen molar-refractivity contribution >= 4 is 5.97 Å². The SMILES string of the molecule is COC(=O)CCC#CC[C@H](O)CO. The summed E-state index contributed by atoms with van der Waals surface area (Å²) in [6, 6.07) is 0. The monoisotopic (exact) mass is 186 g/mol. The van der Waals surface area contributed by atoms with Crippen LogP contribution in [0.15, 0.2) is 0 Å². The number of carbonyl (C=O) groups is 1. The van der Waals surface area contributed by atoms with Crippen molar-refractivity contribution < 1.29 is 19.7 Å². The lowest BCUT2D eigenvalue weighted by Gasteiger charge is -1.98. The van der Waals surface area contributed by atoms with Gasteiger partial charge in [0.25, 0.3) is 0 Å². The minimum absolute atomic E-state index is 0.234. The van der Waals surface area contributed by atoms with Crippen LogP contribution in [0.2, 0.25) is 0 Å². The highest BCUT2D eigenvalue weighted by Crippen LogP contribution is 1.91. The van der Waals surface area contributed by atoms with E-state index in [9.17, 15) is 4.79 Å². The third kappa shape index (κ3) is 7.32. The van der Waals surface area contributed by atoms with Gasteiger partial charge >= 0.3 is 5.97 Å². The lowest BCUT2D eigenvalue weighted by molar-refractivity contribution is -0.140. The molecule has 0 aromatic rings. The lowest BCUT2D eigenvalue weighted by atomic mass is 10.2. The highest BCUT2D eigenvalue weighted by atomic mass is 16.5. The minimum Gasteiger partial charge on any atom is -0.469 e. The van der Waals surface area contributed by atoms with Crippen LogP contribution in [0, 0.1) is 11.8 Å². The number of esters is 1. The number of methoxy groups -OCH3 is 1. The van der Waals surface area contributed by atoms with Gasteiger partial charge in [0.1, 0.15) is 0 Å². The number of ether oxygens (including phenoxy) is 1. The van der Waals surface area contributed by atoms with E-state index < -0.39 is 6.10 Å². The number of hydrogen-bond donors (Lipinski definition) is 2. The summed E-state index contributed by atoms with van der Waals surface area (Å²) in [5.41, 5.74) is 0. The van der Waals surface area contributed by atoms with E-state index in [1.165, 1.54) is 7.11 Å². The molecule has 0 bridgehead atoms. The molecular weight excluding hydrogens is 172 g/mol. The van der Waals surface area contributed by atoms with E-state index in [1.54, 1.807) is 0 Å². The molecule has 0 radical (unpaired) electrons. The number of hydrogen-bond acceptors (Lipinski definition) is 4. The zero-order valence-corrected chi connectivity index (χ0v) is 7.62. The van der Waals surface area contributed by atoms with E-state index >= 15 is 0 Å². The molecule has 0 amide bonds. The molecule has 0 fully saturated rings. The van der Waals surface area contributed by atoms with Gasteiger partial charge in [-0.3, -0.25) is 4.79 Å². The molecule has 0 spiro atoms. The second kappa shape index (κ2) is 7.59. The maximum atomic E-state index is 10.6. The van der Waals surface area contributed by atoms with E-state index in [-0.39, 0.29) is 25.4 Å². The Morgan fingerprint density at radius 3 is 2.77 bits per heavy atom. The van der Waals surface area contributed by atoms with Crippen LogP contribution in [0.5, 0.6) is 0 Å². The zero-order chi connectivity index (χ0) is 10.1. The maximum absolute atomic E-state index is 10.6. The van der Waals surface area contributed by atoms with Crippen molar-refractivity contribution in [1.29, 1.82) is 0 Å². The molecule has 0 aliphatic rings. The Kier molecular flexibility index (Phi) is 6.98. The second-order valence-corrected chi connectivity index (χ2v) is 2.47. The first-order chi connectivity index (χ1) is 6.20. The molecule has 0 rings (SSSR count). The molecule has 74 valence electrons. The molecule has 0 aliphatic carbocycles. The molecule has 0 heterocycles. The Morgan fingerprint density at radius 2 is 2.23 bits per heavy atom. The molecule has 0 saturated carbocycles. The molecule has 0 unspecified atom stereocenters. The summed E-state index contributed by atoms with van der Waals surface area (Å²) in [7, 11) is 1.32. The molecule has 0 aromatic carbocycles. The van der Waals surface area contributed by atoms with Gasteiger partial charge in [0.05, 0.1) is 26.2 Å². The van der Waals surface area contributed by atoms with Gasteiger partial charge in [-0.2, -0.15) is 0 Å². The van der Waals surface area contributed by atoms with Gasteiger partial charge in [-0.1, -0.05) is 0 Å². The second-order valence-electron chi connectivity index (χ2n) is 2.47. The van der Waals surface area contributed by atoms with Crippen LogP contribution < -0.4 is 0 Å². The Balaban J connectivity index is 3.45. The Labute approximate surface area is 77.5 Å². The van der Waals surface area contributed by atoms with Crippen LogP contribution in [-0.4, -0.2) is 36.0 Å². The van der Waals surface area contributed by atoms with Crippen molar-refractivity contribution in [1.82, 2.24) is 0 Å². The van der Waals surface area contributed by atoms with Gasteiger partial charge in [-0.25, -0.2) is 0 Å². The molecule has 4 heteroatoms. The van der Waals surface area contributed by atoms with Gasteiger partial charge in [0.2, 0.25) is 0 Å². The Bertz CT molecular complexity index is 201. The fourth-order valence-corrected chi connectivity index (χ4v) is 0.610. The van der Waals surface area contributed by atoms with Crippen molar-refractivity contribution in [3.8, 4) is 11.8 Å². The highest BCUT2D eigenvalue weighted by Gasteiger charge is 1.97. The summed E-state index contributed by atoms with van der Waals surface area (Å²) >= 11 is 0. The molecule has 0 saturated heterocycles. The predicted molar refractivity (Wildman–Crippen MR) is 46.7 cm³/mol. The Morgan fingerprint density at radius 1 is 1.54 bits per heavy atom. The van der Waals surface area contributed by atoms with Crippen molar-refractivity contribution in [2.75, 3.05) is 13.7 Å². The summed E-state index contributed by atoms with van der Waals surface area (Å²) in [6.07, 6.45) is 0.131. The fourth-order valence-electron chi connectivity index (χ4n) is 0.610. The van der Waals surface area contributed by atoms with E-state index in [2.05, 4.69) is 16.6 Å². The van der Waals surface area contributed by atoms with Crippen LogP contribution in [0.25, 0.3) is 0 Å². The van der Waals surface area contributed by atoms with Crippen molar-refractivity contribution in [3.05, 3.63) is 0 Å². The first-order valence-corrected chi connectivity index (χ1v) is 4.02. The molecule has 13 heavy (non-hydrogen) atoms. The largest absolute Gasteiger partial charge is 0.469 e. The summed E-state index contributed by atoms with van der Waals surface area (Å²) in [5.74, 6) is 5.05. The fraction of sp³-hybridized carbons (Fsp3) is 0.667. The van der Waals surface area contributed by atoms with Gasteiger partial charge in [-0.05, 0) is 0 Å². The van der Waals surface area contributed by atoms with Crippen LogP contribution in [0.1, 0.15) is 19.3 Å². The first-order valence-electron chi connectivity index (χ1n) is 4.02. The first kappa shape index (κ1) is 11.9. The van der Waals surface area contributed by atoms with Gasteiger partial charge in [0, 0.05) is 12.8 Å².